The topological polar surface area (TPSA) is 134 Å². The first-order chi connectivity index (χ1) is 19.9. The van der Waals surface area contributed by atoms with Gasteiger partial charge in [0.2, 0.25) is 0 Å². The Hall–Kier alpha value is -3.45. The minimum absolute atomic E-state index is 0.149. The lowest BCUT2D eigenvalue weighted by Crippen LogP contribution is -2.47. The first-order valence-electron chi connectivity index (χ1n) is 14.0. The molecule has 1 saturated carbocycles. The SMILES string of the molecule is Cc1c(Nc2ccc(S(=O)N3CCN(CCCCN)CC3)cc2F)nc2ccc(/C(C=NC3CC3)=C/N)cn2c1=O. The van der Waals surface area contributed by atoms with E-state index in [1.807, 2.05) is 10.4 Å². The van der Waals surface area contributed by atoms with Crippen molar-refractivity contribution in [3.05, 3.63) is 70.0 Å². The second kappa shape index (κ2) is 13.0. The van der Waals surface area contributed by atoms with Crippen molar-refractivity contribution in [2.75, 3.05) is 44.6 Å². The second-order valence-electron chi connectivity index (χ2n) is 10.5. The summed E-state index contributed by atoms with van der Waals surface area (Å²) in [5, 5.41) is 2.96. The number of rotatable bonds is 11. The highest BCUT2D eigenvalue weighted by Gasteiger charge is 2.23. The molecule has 1 unspecified atom stereocenters. The number of benzene rings is 1. The summed E-state index contributed by atoms with van der Waals surface area (Å²) in [6.45, 7) is 6.26. The van der Waals surface area contributed by atoms with Gasteiger partial charge in [0.05, 0.1) is 22.2 Å². The van der Waals surface area contributed by atoms with Crippen LogP contribution in [-0.4, -0.2) is 74.3 Å². The van der Waals surface area contributed by atoms with Crippen molar-refractivity contribution in [2.45, 2.75) is 43.5 Å². The van der Waals surface area contributed by atoms with E-state index in [0.29, 0.717) is 41.8 Å². The molecule has 5 N–H and O–H groups in total. The molecule has 1 atom stereocenters. The zero-order valence-electron chi connectivity index (χ0n) is 23.3. The van der Waals surface area contributed by atoms with Crippen molar-refractivity contribution in [1.29, 1.82) is 0 Å². The fraction of sp³-hybridized carbons (Fsp3) is 0.414. The Bertz CT molecular complexity index is 1540. The van der Waals surface area contributed by atoms with E-state index in [-0.39, 0.29) is 17.1 Å². The Balaban J connectivity index is 1.29. The van der Waals surface area contributed by atoms with E-state index in [4.69, 9.17) is 11.5 Å². The molecular formula is C29H37FN8O2S. The zero-order chi connectivity index (χ0) is 28.9. The van der Waals surface area contributed by atoms with E-state index in [2.05, 4.69) is 20.2 Å². The van der Waals surface area contributed by atoms with Crippen LogP contribution in [0.4, 0.5) is 15.9 Å². The molecule has 10 nitrogen and oxygen atoms in total. The van der Waals surface area contributed by atoms with E-state index in [1.54, 1.807) is 31.5 Å². The van der Waals surface area contributed by atoms with Gasteiger partial charge >= 0.3 is 0 Å². The summed E-state index contributed by atoms with van der Waals surface area (Å²) < 4.78 is 31.6. The smallest absolute Gasteiger partial charge is 0.262 e. The molecule has 0 spiro atoms. The summed E-state index contributed by atoms with van der Waals surface area (Å²) in [5.41, 5.74) is 13.5. The largest absolute Gasteiger partial charge is 0.404 e. The molecule has 3 aromatic rings. The number of allylic oxidation sites excluding steroid dienone is 1. The third kappa shape index (κ3) is 6.89. The summed E-state index contributed by atoms with van der Waals surface area (Å²) in [5.74, 6) is -0.313. The van der Waals surface area contributed by atoms with E-state index >= 15 is 4.39 Å². The number of hydrogen-bond acceptors (Lipinski definition) is 8. The molecule has 1 saturated heterocycles. The first kappa shape index (κ1) is 29.1. The van der Waals surface area contributed by atoms with Gasteiger partial charge in [0.15, 0.2) is 0 Å². The maximum Gasteiger partial charge on any atom is 0.262 e. The molecule has 0 bridgehead atoms. The molecule has 1 aliphatic carbocycles. The van der Waals surface area contributed by atoms with Crippen LogP contribution < -0.4 is 22.3 Å². The standard InChI is InChI=1S/C29H37FN8O2S/c1-20-28(35-27-9-4-21(19-38(27)29(20)39)22(17-32)18-33-23-5-6-23)34-26-8-7-24(16-25(26)30)41(40)37-14-12-36(13-15-37)11-3-2-10-31/h4,7-9,16-19,23,34H,2-3,5-6,10-15,31-32H2,1H3/b22-17+,33-18?. The number of unbranched alkanes of at least 4 members (excludes halogenated alkanes) is 1. The van der Waals surface area contributed by atoms with Gasteiger partial charge in [0.25, 0.3) is 5.56 Å². The van der Waals surface area contributed by atoms with Gasteiger partial charge in [-0.1, -0.05) is 0 Å². The Labute approximate surface area is 241 Å². The highest BCUT2D eigenvalue weighted by molar-refractivity contribution is 7.82. The number of fused-ring (bicyclic) bond motifs is 1. The maximum absolute atomic E-state index is 15.2. The molecule has 12 heteroatoms. The Morgan fingerprint density at radius 2 is 1.98 bits per heavy atom. The second-order valence-corrected chi connectivity index (χ2v) is 11.9. The van der Waals surface area contributed by atoms with Gasteiger partial charge in [-0.05, 0) is 76.0 Å². The van der Waals surface area contributed by atoms with Crippen molar-refractivity contribution in [3.8, 4) is 0 Å². The number of anilines is 2. The molecule has 1 aliphatic heterocycles. The molecule has 3 heterocycles. The summed E-state index contributed by atoms with van der Waals surface area (Å²) in [6, 6.07) is 8.36. The van der Waals surface area contributed by atoms with Crippen molar-refractivity contribution in [2.24, 2.45) is 16.5 Å². The lowest BCUT2D eigenvalue weighted by molar-refractivity contribution is 0.190. The lowest BCUT2D eigenvalue weighted by atomic mass is 10.1. The van der Waals surface area contributed by atoms with Crippen molar-refractivity contribution in [1.82, 2.24) is 18.6 Å². The average molecular weight is 581 g/mol. The third-order valence-corrected chi connectivity index (χ3v) is 8.91. The molecule has 0 amide bonds. The number of hydrogen-bond donors (Lipinski definition) is 3. The molecule has 5 rings (SSSR count). The number of piperazine rings is 1. The van der Waals surface area contributed by atoms with Gasteiger partial charge in [0.1, 0.15) is 28.3 Å². The number of aliphatic imine (C=N–C) groups is 1. The van der Waals surface area contributed by atoms with Crippen LogP contribution in [0.3, 0.4) is 0 Å². The lowest BCUT2D eigenvalue weighted by Gasteiger charge is -2.33. The highest BCUT2D eigenvalue weighted by Crippen LogP contribution is 2.26. The minimum atomic E-state index is -1.46. The zero-order valence-corrected chi connectivity index (χ0v) is 24.1. The number of nitrogens with one attached hydrogen (secondary N) is 1. The van der Waals surface area contributed by atoms with Gasteiger partial charge in [-0.15, -0.1) is 0 Å². The fourth-order valence-electron chi connectivity index (χ4n) is 4.72. The summed E-state index contributed by atoms with van der Waals surface area (Å²) >= 11 is 0. The molecule has 41 heavy (non-hydrogen) atoms. The first-order valence-corrected chi connectivity index (χ1v) is 15.1. The van der Waals surface area contributed by atoms with E-state index in [1.165, 1.54) is 22.7 Å². The van der Waals surface area contributed by atoms with Crippen molar-refractivity contribution in [3.63, 3.8) is 0 Å². The molecule has 218 valence electrons. The number of halogens is 1. The maximum atomic E-state index is 15.2. The van der Waals surface area contributed by atoms with Gasteiger partial charge in [-0.3, -0.25) is 14.2 Å². The molecule has 2 aliphatic rings. The molecule has 2 fully saturated rings. The van der Waals surface area contributed by atoms with Gasteiger partial charge in [-0.25, -0.2) is 17.9 Å². The monoisotopic (exact) mass is 580 g/mol. The number of aromatic nitrogens is 2. The van der Waals surface area contributed by atoms with Crippen LogP contribution >= 0.6 is 0 Å². The highest BCUT2D eigenvalue weighted by atomic mass is 32.2. The van der Waals surface area contributed by atoms with Crippen LogP contribution in [0.15, 0.2) is 57.4 Å². The average Bonchev–Trinajstić information content (AvgIpc) is 3.82. The van der Waals surface area contributed by atoms with Crippen LogP contribution in [0.2, 0.25) is 0 Å². The predicted molar refractivity (Wildman–Crippen MR) is 162 cm³/mol. The number of nitrogens with two attached hydrogens (primary N) is 2. The summed E-state index contributed by atoms with van der Waals surface area (Å²) in [7, 11) is -1.46. The van der Waals surface area contributed by atoms with Gasteiger partial charge in [0, 0.05) is 55.9 Å². The van der Waals surface area contributed by atoms with Crippen LogP contribution in [0.25, 0.3) is 11.2 Å². The Morgan fingerprint density at radius 1 is 1.20 bits per heavy atom. The van der Waals surface area contributed by atoms with Gasteiger partial charge in [-0.2, -0.15) is 0 Å². The number of nitrogens with zero attached hydrogens (tertiary/aromatic N) is 5. The van der Waals surface area contributed by atoms with Crippen molar-refractivity contribution >= 4 is 39.9 Å². The van der Waals surface area contributed by atoms with E-state index in [0.717, 1.165) is 56.5 Å². The van der Waals surface area contributed by atoms with E-state index < -0.39 is 16.8 Å². The third-order valence-electron chi connectivity index (χ3n) is 7.42. The van der Waals surface area contributed by atoms with Gasteiger partial charge < -0.3 is 21.7 Å². The number of pyridine rings is 1. The fourth-order valence-corrected chi connectivity index (χ4v) is 5.91. The quantitative estimate of drug-likeness (QED) is 0.235. The van der Waals surface area contributed by atoms with Crippen LogP contribution in [0, 0.1) is 12.7 Å². The van der Waals surface area contributed by atoms with Crippen LogP contribution in [0.5, 0.6) is 0 Å². The molecule has 0 radical (unpaired) electrons. The van der Waals surface area contributed by atoms with Crippen molar-refractivity contribution < 1.29 is 8.60 Å². The molecule has 1 aromatic carbocycles. The Morgan fingerprint density at radius 3 is 2.66 bits per heavy atom. The van der Waals surface area contributed by atoms with Crippen LogP contribution in [0.1, 0.15) is 36.8 Å². The normalized spacial score (nSPS) is 17.9. The van der Waals surface area contributed by atoms with Crippen LogP contribution in [-0.2, 0) is 11.0 Å². The van der Waals surface area contributed by atoms with E-state index in [9.17, 15) is 9.00 Å². The minimum Gasteiger partial charge on any atom is -0.404 e. The predicted octanol–water partition coefficient (Wildman–Crippen LogP) is 2.80. The summed E-state index contributed by atoms with van der Waals surface area (Å²) in [6.07, 6.45) is 9.12. The molecule has 2 aromatic heterocycles. The molecular weight excluding hydrogens is 543 g/mol. The Kier molecular flexibility index (Phi) is 9.23. The summed E-state index contributed by atoms with van der Waals surface area (Å²) in [4.78, 5) is 25.0.